The van der Waals surface area contributed by atoms with E-state index in [1.165, 1.54) is 0 Å². The third-order valence-corrected chi connectivity index (χ3v) is 0. The van der Waals surface area contributed by atoms with Crippen LogP contribution in [0.25, 0.3) is 0 Å². The fourth-order valence-electron chi connectivity index (χ4n) is 0. The van der Waals surface area contributed by atoms with E-state index in [-0.39, 0.29) is 0 Å². The van der Waals surface area contributed by atoms with Crippen molar-refractivity contribution < 1.29 is 34.1 Å². The van der Waals surface area contributed by atoms with Gasteiger partial charge in [0.1, 0.15) is 0 Å². The zero-order chi connectivity index (χ0) is 5.41. The van der Waals surface area contributed by atoms with E-state index in [0.29, 0.717) is 0 Å². The summed E-state index contributed by atoms with van der Waals surface area (Å²) < 4.78 is 0. The molecule has 0 aliphatic carbocycles. The molecule has 0 nitrogen and oxygen atoms in total. The van der Waals surface area contributed by atoms with Gasteiger partial charge >= 0.3 is 71.3 Å². The number of halogens is 4. The Hall–Kier alpha value is 2.59. The van der Waals surface area contributed by atoms with Gasteiger partial charge in [0.05, 0.1) is 0 Å². The molecule has 6 heavy (non-hydrogen) atoms. The molecule has 0 bridgehead atoms. The van der Waals surface area contributed by atoms with Gasteiger partial charge in [-0.1, -0.05) is 0 Å². The minimum absolute atomic E-state index is 0.556. The zero-order valence-corrected chi connectivity index (χ0v) is 8.66. The maximum atomic E-state index is 4.89. The molecule has 36 valence electrons. The van der Waals surface area contributed by atoms with Crippen LogP contribution in [0.5, 0.6) is 0 Å². The molecule has 0 saturated heterocycles. The predicted octanol–water partition coefficient (Wildman–Crippen LogP) is 2.75. The van der Waals surface area contributed by atoms with Gasteiger partial charge in [0.15, 0.2) is 0 Å². The minimum atomic E-state index is -0.556. The predicted molar refractivity (Wildman–Crippen MR) is 23.4 cm³/mol. The van der Waals surface area contributed by atoms with Crippen LogP contribution in [-0.2, 0) is 34.1 Å². The van der Waals surface area contributed by atoms with Gasteiger partial charge in [-0.2, -0.15) is 0 Å². The van der Waals surface area contributed by atoms with E-state index in [0.717, 1.165) is 0 Å². The molecule has 6 heteroatoms. The van der Waals surface area contributed by atoms with Gasteiger partial charge in [-0.15, -0.1) is 0 Å². The molecule has 0 rings (SSSR count). The second kappa shape index (κ2) is 15.6. The summed E-state index contributed by atoms with van der Waals surface area (Å²) in [6.07, 6.45) is 0. The first-order chi connectivity index (χ1) is 2.83. The van der Waals surface area contributed by atoms with E-state index in [4.69, 9.17) is 37.2 Å². The fraction of sp³-hybridized carbons (Fsp3) is 0. The van der Waals surface area contributed by atoms with Crippen LogP contribution in [0.15, 0.2) is 0 Å². The molecule has 0 aromatic heterocycles. The Morgan fingerprint density at radius 1 is 0.667 bits per heavy atom. The van der Waals surface area contributed by atoms with Crippen LogP contribution in [0.2, 0.25) is 0 Å². The van der Waals surface area contributed by atoms with Crippen LogP contribution in [0.1, 0.15) is 0 Å². The first-order valence-electron chi connectivity index (χ1n) is 0.756. The van der Waals surface area contributed by atoms with E-state index in [2.05, 4.69) is 0 Å². The second-order valence-corrected chi connectivity index (χ2v) is 5.30. The standard InChI is InChI=1S/4ClH.2Ti/h4*1H;;/q;;;;2*+2/p-4. The van der Waals surface area contributed by atoms with Crippen LogP contribution >= 0.6 is 37.2 Å². The Labute approximate surface area is 70.2 Å². The quantitative estimate of drug-likeness (QED) is 0.569. The molecule has 0 atom stereocenters. The van der Waals surface area contributed by atoms with Crippen molar-refractivity contribution in [2.45, 2.75) is 0 Å². The molecule has 0 N–H and O–H groups in total. The van der Waals surface area contributed by atoms with Crippen LogP contribution in [0, 0.1) is 0 Å². The summed E-state index contributed by atoms with van der Waals surface area (Å²) in [5, 5.41) is 0. The van der Waals surface area contributed by atoms with E-state index in [1.54, 1.807) is 0 Å². The van der Waals surface area contributed by atoms with Crippen molar-refractivity contribution in [1.82, 2.24) is 0 Å². The average Bonchev–Trinajstić information content (AvgIpc) is 1.39. The van der Waals surface area contributed by atoms with Crippen LogP contribution in [0.4, 0.5) is 0 Å². The van der Waals surface area contributed by atoms with Crippen molar-refractivity contribution >= 4 is 37.2 Å². The Morgan fingerprint density at radius 2 is 0.667 bits per heavy atom. The summed E-state index contributed by atoms with van der Waals surface area (Å²) in [5.41, 5.74) is 0. The Kier molecular flexibility index (Phi) is 29.7. The molecule has 0 heterocycles. The molecule has 0 aromatic rings. The van der Waals surface area contributed by atoms with Gasteiger partial charge in [0.2, 0.25) is 0 Å². The number of rotatable bonds is 0. The van der Waals surface area contributed by atoms with Crippen LogP contribution in [0.3, 0.4) is 0 Å². The van der Waals surface area contributed by atoms with Gasteiger partial charge in [-0.3, -0.25) is 0 Å². The summed E-state index contributed by atoms with van der Waals surface area (Å²) in [7, 11) is 19.6. The summed E-state index contributed by atoms with van der Waals surface area (Å²) in [5.74, 6) is 0. The zero-order valence-electron chi connectivity index (χ0n) is 2.51. The number of hydrogen-bond donors (Lipinski definition) is 0. The van der Waals surface area contributed by atoms with E-state index in [9.17, 15) is 0 Å². The third-order valence-electron chi connectivity index (χ3n) is 0. The van der Waals surface area contributed by atoms with E-state index in [1.807, 2.05) is 0 Å². The molecule has 0 radical (unpaired) electrons. The first kappa shape index (κ1) is 11.4. The summed E-state index contributed by atoms with van der Waals surface area (Å²) in [4.78, 5) is 0. The molecule has 0 aromatic carbocycles. The molecule has 0 fully saturated rings. The SMILES string of the molecule is [Cl][Ti][Cl].[Cl][Ti][Cl]. The summed E-state index contributed by atoms with van der Waals surface area (Å²) in [6.45, 7) is 0. The molecule has 0 aliphatic rings. The Bertz CT molecular complexity index is 7.51. The molecular formula is Cl4Ti2. The molecule has 0 unspecified atom stereocenters. The van der Waals surface area contributed by atoms with Crippen LogP contribution in [-0.4, -0.2) is 0 Å². The molecular weight excluding hydrogens is 238 g/mol. The molecule has 0 saturated carbocycles. The monoisotopic (exact) mass is 236 g/mol. The topological polar surface area (TPSA) is 0 Å². The Balaban J connectivity index is 0. The average molecular weight is 238 g/mol. The fourth-order valence-corrected chi connectivity index (χ4v) is 0. The first-order valence-corrected chi connectivity index (χ1v) is 9.35. The van der Waals surface area contributed by atoms with Gasteiger partial charge in [0, 0.05) is 0 Å². The number of hydrogen-bond acceptors (Lipinski definition) is 0. The summed E-state index contributed by atoms with van der Waals surface area (Å²) >= 11 is -1.11. The van der Waals surface area contributed by atoms with Crippen LogP contribution < -0.4 is 0 Å². The normalized spacial score (nSPS) is 4.67. The third kappa shape index (κ3) is 30.7. The van der Waals surface area contributed by atoms with E-state index >= 15 is 0 Å². The van der Waals surface area contributed by atoms with Gasteiger partial charge in [-0.05, 0) is 0 Å². The van der Waals surface area contributed by atoms with Gasteiger partial charge in [-0.25, -0.2) is 0 Å². The van der Waals surface area contributed by atoms with Gasteiger partial charge in [0.25, 0.3) is 0 Å². The molecule has 0 amide bonds. The van der Waals surface area contributed by atoms with Crippen molar-refractivity contribution in [1.29, 1.82) is 0 Å². The van der Waals surface area contributed by atoms with Crippen molar-refractivity contribution in [3.63, 3.8) is 0 Å². The van der Waals surface area contributed by atoms with Crippen molar-refractivity contribution in [2.24, 2.45) is 0 Å². The van der Waals surface area contributed by atoms with Crippen molar-refractivity contribution in [3.8, 4) is 0 Å². The second-order valence-electron chi connectivity index (χ2n) is 0.143. The summed E-state index contributed by atoms with van der Waals surface area (Å²) in [6, 6.07) is 0. The molecule has 0 aliphatic heterocycles. The van der Waals surface area contributed by atoms with E-state index < -0.39 is 34.1 Å². The van der Waals surface area contributed by atoms with Crippen molar-refractivity contribution in [2.75, 3.05) is 0 Å². The Morgan fingerprint density at radius 3 is 0.667 bits per heavy atom. The van der Waals surface area contributed by atoms with Crippen molar-refractivity contribution in [3.05, 3.63) is 0 Å². The molecule has 0 spiro atoms. The van der Waals surface area contributed by atoms with Gasteiger partial charge < -0.3 is 0 Å². The maximum absolute atomic E-state index is 4.89.